The minimum atomic E-state index is -1.15. The van der Waals surface area contributed by atoms with Crippen molar-refractivity contribution in [1.29, 1.82) is 0 Å². The summed E-state index contributed by atoms with van der Waals surface area (Å²) in [7, 11) is 5.02. The number of nitrogens with zero attached hydrogens (tertiary/aromatic N) is 1. The second kappa shape index (κ2) is 3.27. The van der Waals surface area contributed by atoms with Gasteiger partial charge in [0.05, 0.1) is 6.10 Å². The molecule has 0 aromatic carbocycles. The molecule has 1 rings (SSSR count). The zero-order valence-electron chi connectivity index (χ0n) is 8.10. The van der Waals surface area contributed by atoms with Crippen molar-refractivity contribution >= 4 is 19.6 Å². The summed E-state index contributed by atoms with van der Waals surface area (Å²) < 4.78 is 0. The number of rotatable bonds is 1. The molecule has 1 amide bonds. The molecule has 1 fully saturated rings. The Morgan fingerprint density at radius 1 is 1.50 bits per heavy atom. The van der Waals surface area contributed by atoms with Gasteiger partial charge in [0.1, 0.15) is 6.04 Å². The molecule has 2 N–H and O–H groups in total. The van der Waals surface area contributed by atoms with Crippen molar-refractivity contribution in [2.45, 2.75) is 26.0 Å². The molecule has 2 radical (unpaired) electrons. The van der Waals surface area contributed by atoms with Crippen molar-refractivity contribution in [2.75, 3.05) is 6.54 Å². The number of hydrogen-bond acceptors (Lipinski definition) is 3. The summed E-state index contributed by atoms with van der Waals surface area (Å²) in [5.41, 5.74) is -0.874. The molecule has 14 heavy (non-hydrogen) atoms. The fourth-order valence-electron chi connectivity index (χ4n) is 1.78. The standard InChI is InChI=1S/C8H12BNO4/c1-8(2)4(11)3-10(7(9)14)5(8)6(12)13/h4-5,11H,3H2,1-2H3,(H,12,13)/t4-,5-/m1/s1. The summed E-state index contributed by atoms with van der Waals surface area (Å²) in [6.45, 7) is 3.16. The van der Waals surface area contributed by atoms with Gasteiger partial charge in [0, 0.05) is 12.0 Å². The van der Waals surface area contributed by atoms with Crippen molar-refractivity contribution in [2.24, 2.45) is 5.41 Å². The maximum atomic E-state index is 10.9. The number of aliphatic hydroxyl groups is 1. The van der Waals surface area contributed by atoms with E-state index in [4.69, 9.17) is 13.0 Å². The molecular weight excluding hydrogens is 185 g/mol. The van der Waals surface area contributed by atoms with Crippen molar-refractivity contribution in [3.8, 4) is 0 Å². The molecule has 0 spiro atoms. The van der Waals surface area contributed by atoms with Crippen LogP contribution in [-0.2, 0) is 4.79 Å². The molecule has 1 aliphatic rings. The van der Waals surface area contributed by atoms with Crippen LogP contribution in [0.25, 0.3) is 0 Å². The lowest BCUT2D eigenvalue weighted by Crippen LogP contribution is -2.46. The summed E-state index contributed by atoms with van der Waals surface area (Å²) in [6, 6.07) is -1.06. The minimum Gasteiger partial charge on any atom is -0.480 e. The van der Waals surface area contributed by atoms with E-state index >= 15 is 0 Å². The summed E-state index contributed by atoms with van der Waals surface area (Å²) in [6.07, 6.45) is -0.865. The van der Waals surface area contributed by atoms with Gasteiger partial charge in [-0.25, -0.2) is 4.79 Å². The summed E-state index contributed by atoms with van der Waals surface area (Å²) in [5, 5.41) is 18.5. The molecule has 0 aromatic heterocycles. The third-order valence-electron chi connectivity index (χ3n) is 2.76. The predicted octanol–water partition coefficient (Wildman–Crippen LogP) is -0.569. The lowest BCUT2D eigenvalue weighted by Gasteiger charge is -2.29. The number of carbonyl (C=O) groups is 2. The van der Waals surface area contributed by atoms with Gasteiger partial charge in [0.2, 0.25) is 7.85 Å². The molecule has 0 unspecified atom stereocenters. The Labute approximate surface area is 83.1 Å². The predicted molar refractivity (Wildman–Crippen MR) is 49.1 cm³/mol. The number of carbonyl (C=O) groups excluding carboxylic acids is 1. The van der Waals surface area contributed by atoms with E-state index < -0.39 is 29.3 Å². The number of amides is 1. The molecule has 5 nitrogen and oxygen atoms in total. The quantitative estimate of drug-likeness (QED) is 0.551. The van der Waals surface area contributed by atoms with Crippen LogP contribution < -0.4 is 0 Å². The monoisotopic (exact) mass is 197 g/mol. The molecule has 76 valence electrons. The van der Waals surface area contributed by atoms with Crippen molar-refractivity contribution in [3.63, 3.8) is 0 Å². The molecule has 6 heteroatoms. The molecule has 1 saturated heterocycles. The normalized spacial score (nSPS) is 30.4. The molecule has 1 heterocycles. The van der Waals surface area contributed by atoms with Gasteiger partial charge >= 0.3 is 5.97 Å². The van der Waals surface area contributed by atoms with Crippen LogP contribution in [0.4, 0.5) is 4.79 Å². The largest absolute Gasteiger partial charge is 0.480 e. The van der Waals surface area contributed by atoms with Crippen LogP contribution in [-0.4, -0.2) is 53.4 Å². The maximum absolute atomic E-state index is 10.9. The third-order valence-corrected chi connectivity index (χ3v) is 2.76. The molecule has 0 aliphatic carbocycles. The average molecular weight is 197 g/mol. The average Bonchev–Trinajstić information content (AvgIpc) is 2.23. The van der Waals surface area contributed by atoms with Crippen LogP contribution in [0, 0.1) is 5.41 Å². The second-order valence-electron chi connectivity index (χ2n) is 4.07. The fraction of sp³-hybridized carbons (Fsp3) is 0.750. The first-order valence-corrected chi connectivity index (χ1v) is 4.25. The summed E-state index contributed by atoms with van der Waals surface area (Å²) in [4.78, 5) is 22.8. The molecular formula is C8H12BNO4. The molecule has 2 atom stereocenters. The van der Waals surface area contributed by atoms with E-state index in [-0.39, 0.29) is 6.54 Å². The van der Waals surface area contributed by atoms with Crippen molar-refractivity contribution in [3.05, 3.63) is 0 Å². The Morgan fingerprint density at radius 3 is 2.29 bits per heavy atom. The van der Waals surface area contributed by atoms with Crippen molar-refractivity contribution < 1.29 is 19.8 Å². The van der Waals surface area contributed by atoms with Gasteiger partial charge in [0.15, 0.2) is 5.81 Å². The highest BCUT2D eigenvalue weighted by atomic mass is 16.4. The zero-order chi connectivity index (χ0) is 11.1. The fourth-order valence-corrected chi connectivity index (χ4v) is 1.78. The van der Waals surface area contributed by atoms with Gasteiger partial charge in [0.25, 0.3) is 0 Å². The van der Waals surface area contributed by atoms with E-state index in [2.05, 4.69) is 0 Å². The summed E-state index contributed by atoms with van der Waals surface area (Å²) >= 11 is 0. The van der Waals surface area contributed by atoms with Gasteiger partial charge in [-0.3, -0.25) is 4.79 Å². The first kappa shape index (κ1) is 11.0. The SMILES string of the molecule is [B]C(=O)N1C[C@@H](O)C(C)(C)[C@H]1C(=O)O. The lowest BCUT2D eigenvalue weighted by atomic mass is 9.82. The van der Waals surface area contributed by atoms with Crippen LogP contribution in [0.2, 0.25) is 0 Å². The topological polar surface area (TPSA) is 77.8 Å². The van der Waals surface area contributed by atoms with Crippen LogP contribution in [0.5, 0.6) is 0 Å². The Morgan fingerprint density at radius 2 is 2.00 bits per heavy atom. The van der Waals surface area contributed by atoms with E-state index in [9.17, 15) is 14.7 Å². The van der Waals surface area contributed by atoms with E-state index in [1.807, 2.05) is 0 Å². The number of aliphatic hydroxyl groups excluding tert-OH is 1. The van der Waals surface area contributed by atoms with Crippen LogP contribution >= 0.6 is 0 Å². The van der Waals surface area contributed by atoms with Gasteiger partial charge < -0.3 is 15.1 Å². The molecule has 0 aromatic rings. The molecule has 1 aliphatic heterocycles. The van der Waals surface area contributed by atoms with Gasteiger partial charge in [-0.1, -0.05) is 13.8 Å². The van der Waals surface area contributed by atoms with Crippen LogP contribution in [0.15, 0.2) is 0 Å². The first-order chi connectivity index (χ1) is 6.28. The smallest absolute Gasteiger partial charge is 0.327 e. The Bertz CT molecular complexity index is 279. The number of β-amino-alcohol motifs (C(OH)–C–C–N with tert-alkyl or cyclic N) is 1. The Kier molecular flexibility index (Phi) is 2.58. The van der Waals surface area contributed by atoms with Crippen LogP contribution in [0.3, 0.4) is 0 Å². The van der Waals surface area contributed by atoms with Crippen LogP contribution in [0.1, 0.15) is 13.8 Å². The first-order valence-electron chi connectivity index (χ1n) is 4.25. The molecule has 0 saturated carbocycles. The number of carboxylic acid groups (broad SMARTS) is 1. The third kappa shape index (κ3) is 1.50. The number of likely N-dealkylation sites (tertiary alicyclic amines) is 1. The minimum absolute atomic E-state index is 0.0285. The van der Waals surface area contributed by atoms with E-state index in [1.165, 1.54) is 0 Å². The maximum Gasteiger partial charge on any atom is 0.327 e. The van der Waals surface area contributed by atoms with Gasteiger partial charge in [-0.15, -0.1) is 0 Å². The number of hydrogen-bond donors (Lipinski definition) is 2. The Balaban J connectivity index is 3.04. The van der Waals surface area contributed by atoms with E-state index in [0.29, 0.717) is 0 Å². The lowest BCUT2D eigenvalue weighted by molar-refractivity contribution is -0.144. The Hall–Kier alpha value is -1.04. The number of aliphatic carboxylic acids is 1. The highest BCUT2D eigenvalue weighted by molar-refractivity contribution is 6.57. The zero-order valence-corrected chi connectivity index (χ0v) is 8.10. The van der Waals surface area contributed by atoms with Gasteiger partial charge in [-0.2, -0.15) is 0 Å². The van der Waals surface area contributed by atoms with E-state index in [0.717, 1.165) is 4.90 Å². The summed E-state index contributed by atoms with van der Waals surface area (Å²) in [5.74, 6) is -1.97. The van der Waals surface area contributed by atoms with Gasteiger partial charge in [-0.05, 0) is 0 Å². The van der Waals surface area contributed by atoms with Crippen molar-refractivity contribution in [1.82, 2.24) is 4.90 Å². The number of carboxylic acids is 1. The second-order valence-corrected chi connectivity index (χ2v) is 4.07. The van der Waals surface area contributed by atoms with E-state index in [1.54, 1.807) is 13.8 Å². The highest BCUT2D eigenvalue weighted by Crippen LogP contribution is 2.36. The molecule has 0 bridgehead atoms. The highest BCUT2D eigenvalue weighted by Gasteiger charge is 2.51.